The molecule has 2 N–H and O–H groups in total. The molecule has 1 atom stereocenters. The van der Waals surface area contributed by atoms with Crippen LogP contribution in [0.5, 0.6) is 0 Å². The minimum absolute atomic E-state index is 0.156. The van der Waals surface area contributed by atoms with E-state index in [0.717, 1.165) is 11.1 Å². The van der Waals surface area contributed by atoms with Gasteiger partial charge in [-0.25, -0.2) is 4.79 Å². The molecule has 0 aromatic heterocycles. The van der Waals surface area contributed by atoms with Crippen molar-refractivity contribution >= 4 is 11.9 Å². The Bertz CT molecular complexity index is 471. The second kappa shape index (κ2) is 7.65. The van der Waals surface area contributed by atoms with Crippen LogP contribution in [0.15, 0.2) is 24.3 Å². The fraction of sp³-hybridized carbons (Fsp3) is 0.467. The monoisotopic (exact) mass is 279 g/mol. The van der Waals surface area contributed by atoms with Crippen LogP contribution in [0.1, 0.15) is 25.0 Å². The number of aliphatic carboxylic acids is 1. The van der Waals surface area contributed by atoms with Gasteiger partial charge < -0.3 is 15.2 Å². The third-order valence-corrected chi connectivity index (χ3v) is 2.92. The summed E-state index contributed by atoms with van der Waals surface area (Å²) < 4.78 is 5.04. The maximum Gasteiger partial charge on any atom is 0.326 e. The lowest BCUT2D eigenvalue weighted by molar-refractivity contribution is -0.143. The molecule has 0 spiro atoms. The van der Waals surface area contributed by atoms with Gasteiger partial charge in [0.15, 0.2) is 0 Å². The van der Waals surface area contributed by atoms with E-state index in [0.29, 0.717) is 6.61 Å². The minimum atomic E-state index is -1.01. The summed E-state index contributed by atoms with van der Waals surface area (Å²) in [4.78, 5) is 22.9. The largest absolute Gasteiger partial charge is 0.480 e. The third-order valence-electron chi connectivity index (χ3n) is 2.92. The number of hydrogen-bond donors (Lipinski definition) is 2. The smallest absolute Gasteiger partial charge is 0.326 e. The van der Waals surface area contributed by atoms with E-state index in [1.54, 1.807) is 21.0 Å². The van der Waals surface area contributed by atoms with Crippen molar-refractivity contribution in [1.82, 2.24) is 5.32 Å². The number of carboxylic acid groups (broad SMARTS) is 1. The molecule has 1 aromatic rings. The van der Waals surface area contributed by atoms with E-state index < -0.39 is 12.0 Å². The molecule has 0 aliphatic heterocycles. The van der Waals surface area contributed by atoms with E-state index in [-0.39, 0.29) is 18.2 Å². The Balaban J connectivity index is 2.66. The summed E-state index contributed by atoms with van der Waals surface area (Å²) in [5.74, 6) is -1.46. The Morgan fingerprint density at radius 2 is 1.95 bits per heavy atom. The number of methoxy groups -OCH3 is 1. The standard InChI is InChI=1S/C15H21NO4/c1-10(2)14(15(18)19)16-13(17)8-11-5-4-6-12(7-11)9-20-3/h4-7,10,14H,8-9H2,1-3H3,(H,16,17)(H,18,19). The maximum atomic E-state index is 11.9. The van der Waals surface area contributed by atoms with Crippen LogP contribution in [0.4, 0.5) is 0 Å². The van der Waals surface area contributed by atoms with E-state index in [4.69, 9.17) is 9.84 Å². The molecule has 5 heteroatoms. The van der Waals surface area contributed by atoms with Crippen LogP contribution >= 0.6 is 0 Å². The molecule has 0 aliphatic carbocycles. The number of nitrogens with one attached hydrogen (secondary N) is 1. The number of carbonyl (C=O) groups is 2. The zero-order valence-electron chi connectivity index (χ0n) is 12.1. The van der Waals surface area contributed by atoms with Gasteiger partial charge in [0.2, 0.25) is 5.91 Å². The minimum Gasteiger partial charge on any atom is -0.480 e. The summed E-state index contributed by atoms with van der Waals surface area (Å²) >= 11 is 0. The zero-order chi connectivity index (χ0) is 15.1. The molecular formula is C15H21NO4. The first-order chi connectivity index (χ1) is 9.43. The van der Waals surface area contributed by atoms with Gasteiger partial charge in [0.05, 0.1) is 13.0 Å². The summed E-state index contributed by atoms with van der Waals surface area (Å²) in [6, 6.07) is 6.63. The lowest BCUT2D eigenvalue weighted by atomic mass is 10.0. The molecule has 0 heterocycles. The topological polar surface area (TPSA) is 75.6 Å². The highest BCUT2D eigenvalue weighted by atomic mass is 16.5. The van der Waals surface area contributed by atoms with Crippen LogP contribution in [0.3, 0.4) is 0 Å². The van der Waals surface area contributed by atoms with Crippen LogP contribution in [0.25, 0.3) is 0 Å². The first-order valence-corrected chi connectivity index (χ1v) is 6.53. The number of benzene rings is 1. The SMILES string of the molecule is COCc1cccc(CC(=O)NC(C(=O)O)C(C)C)c1. The van der Waals surface area contributed by atoms with E-state index >= 15 is 0 Å². The Morgan fingerprint density at radius 3 is 2.50 bits per heavy atom. The van der Waals surface area contributed by atoms with Gasteiger partial charge in [-0.1, -0.05) is 38.1 Å². The average Bonchev–Trinajstić information content (AvgIpc) is 2.36. The molecule has 1 amide bonds. The number of rotatable bonds is 7. The molecule has 110 valence electrons. The van der Waals surface area contributed by atoms with Gasteiger partial charge in [0, 0.05) is 7.11 Å². The van der Waals surface area contributed by atoms with Gasteiger partial charge in [0.25, 0.3) is 0 Å². The normalized spacial score (nSPS) is 12.2. The predicted octanol–water partition coefficient (Wildman–Crippen LogP) is 1.60. The van der Waals surface area contributed by atoms with Crippen LogP contribution < -0.4 is 5.32 Å². The lowest BCUT2D eigenvalue weighted by Gasteiger charge is -2.18. The molecule has 1 rings (SSSR count). The van der Waals surface area contributed by atoms with Gasteiger partial charge in [0.1, 0.15) is 6.04 Å². The molecular weight excluding hydrogens is 258 g/mol. The number of hydrogen-bond acceptors (Lipinski definition) is 3. The van der Waals surface area contributed by atoms with Gasteiger partial charge in [-0.2, -0.15) is 0 Å². The van der Waals surface area contributed by atoms with Crippen molar-refractivity contribution in [3.63, 3.8) is 0 Å². The third kappa shape index (κ3) is 5.01. The van der Waals surface area contributed by atoms with Crippen molar-refractivity contribution < 1.29 is 19.4 Å². The Morgan fingerprint density at radius 1 is 1.30 bits per heavy atom. The molecule has 0 bridgehead atoms. The number of amides is 1. The van der Waals surface area contributed by atoms with Crippen LogP contribution in [-0.4, -0.2) is 30.1 Å². The average molecular weight is 279 g/mol. The first kappa shape index (κ1) is 16.2. The van der Waals surface area contributed by atoms with E-state index in [1.165, 1.54) is 0 Å². The van der Waals surface area contributed by atoms with Crippen LogP contribution in [-0.2, 0) is 27.4 Å². The zero-order valence-corrected chi connectivity index (χ0v) is 12.1. The highest BCUT2D eigenvalue weighted by Crippen LogP contribution is 2.08. The second-order valence-corrected chi connectivity index (χ2v) is 5.06. The van der Waals surface area contributed by atoms with Crippen molar-refractivity contribution in [2.24, 2.45) is 5.92 Å². The van der Waals surface area contributed by atoms with Gasteiger partial charge in [-0.3, -0.25) is 4.79 Å². The van der Waals surface area contributed by atoms with Crippen LogP contribution in [0.2, 0.25) is 0 Å². The molecule has 0 radical (unpaired) electrons. The fourth-order valence-corrected chi connectivity index (χ4v) is 1.92. The Hall–Kier alpha value is -1.88. The summed E-state index contributed by atoms with van der Waals surface area (Å²) in [6.45, 7) is 4.01. The molecule has 0 aliphatic rings. The fourth-order valence-electron chi connectivity index (χ4n) is 1.92. The summed E-state index contributed by atoms with van der Waals surface area (Å²) in [5, 5.41) is 11.6. The molecule has 0 saturated heterocycles. The maximum absolute atomic E-state index is 11.9. The van der Waals surface area contributed by atoms with E-state index in [1.807, 2.05) is 24.3 Å². The van der Waals surface area contributed by atoms with Gasteiger partial charge >= 0.3 is 5.97 Å². The summed E-state index contributed by atoms with van der Waals surface area (Å²) in [6.07, 6.45) is 0.161. The molecule has 1 aromatic carbocycles. The van der Waals surface area contributed by atoms with Crippen LogP contribution in [0, 0.1) is 5.92 Å². The second-order valence-electron chi connectivity index (χ2n) is 5.06. The first-order valence-electron chi connectivity index (χ1n) is 6.53. The van der Waals surface area contributed by atoms with Gasteiger partial charge in [-0.15, -0.1) is 0 Å². The van der Waals surface area contributed by atoms with Crippen molar-refractivity contribution in [2.75, 3.05) is 7.11 Å². The van der Waals surface area contributed by atoms with Gasteiger partial charge in [-0.05, 0) is 17.0 Å². The predicted molar refractivity (Wildman–Crippen MR) is 75.3 cm³/mol. The number of ether oxygens (including phenoxy) is 1. The quantitative estimate of drug-likeness (QED) is 0.795. The number of carbonyl (C=O) groups excluding carboxylic acids is 1. The highest BCUT2D eigenvalue weighted by molar-refractivity contribution is 5.85. The highest BCUT2D eigenvalue weighted by Gasteiger charge is 2.23. The molecule has 5 nitrogen and oxygen atoms in total. The number of carboxylic acids is 1. The van der Waals surface area contributed by atoms with Crippen molar-refractivity contribution in [1.29, 1.82) is 0 Å². The van der Waals surface area contributed by atoms with Crippen molar-refractivity contribution in [3.05, 3.63) is 35.4 Å². The van der Waals surface area contributed by atoms with E-state index in [2.05, 4.69) is 5.32 Å². The molecule has 1 unspecified atom stereocenters. The van der Waals surface area contributed by atoms with Crippen molar-refractivity contribution in [2.45, 2.75) is 32.9 Å². The van der Waals surface area contributed by atoms with Crippen molar-refractivity contribution in [3.8, 4) is 0 Å². The summed E-state index contributed by atoms with van der Waals surface area (Å²) in [7, 11) is 1.61. The molecule has 20 heavy (non-hydrogen) atoms. The molecule has 0 fully saturated rings. The Labute approximate surface area is 118 Å². The lowest BCUT2D eigenvalue weighted by Crippen LogP contribution is -2.44. The summed E-state index contributed by atoms with van der Waals surface area (Å²) in [5.41, 5.74) is 1.82. The Kier molecular flexibility index (Phi) is 6.18. The molecule has 0 saturated carbocycles. The van der Waals surface area contributed by atoms with E-state index in [9.17, 15) is 9.59 Å².